The van der Waals surface area contributed by atoms with Gasteiger partial charge in [0.25, 0.3) is 11.8 Å². The number of rotatable bonds is 22. The van der Waals surface area contributed by atoms with Crippen LogP contribution in [0.3, 0.4) is 0 Å². The molecule has 11 heteroatoms. The van der Waals surface area contributed by atoms with Crippen LogP contribution in [0.5, 0.6) is 11.5 Å². The van der Waals surface area contributed by atoms with Crippen molar-refractivity contribution >= 4 is 17.5 Å². The third kappa shape index (κ3) is 12.4. The van der Waals surface area contributed by atoms with Crippen molar-refractivity contribution in [2.75, 3.05) is 31.4 Å². The number of anilines is 1. The Bertz CT molecular complexity index is 1430. The van der Waals surface area contributed by atoms with E-state index >= 15 is 0 Å². The van der Waals surface area contributed by atoms with Crippen LogP contribution in [0, 0.1) is 38.5 Å². The van der Waals surface area contributed by atoms with Crippen LogP contribution in [-0.4, -0.2) is 72.1 Å². The van der Waals surface area contributed by atoms with Crippen LogP contribution in [0.2, 0.25) is 0 Å². The monoisotopic (exact) mass is 744 g/mol. The smallest absolute Gasteiger partial charge is 0.275 e. The van der Waals surface area contributed by atoms with Gasteiger partial charge in [-0.05, 0) is 106 Å². The number of nitrogens with one attached hydrogen (secondary N) is 1. The molecule has 53 heavy (non-hydrogen) atoms. The van der Waals surface area contributed by atoms with Crippen LogP contribution in [0.1, 0.15) is 128 Å². The fraction of sp³-hybridized carbons (Fsp3) is 0.667. The zero-order valence-electron chi connectivity index (χ0n) is 34.4. The minimum atomic E-state index is -1.77. The number of aliphatic hydroxyl groups excluding tert-OH is 3. The third-order valence-electron chi connectivity index (χ3n) is 9.73. The lowest BCUT2D eigenvalue weighted by Crippen LogP contribution is -2.59. The van der Waals surface area contributed by atoms with Gasteiger partial charge in [0.1, 0.15) is 23.7 Å². The quantitative estimate of drug-likeness (QED) is 0.0553. The minimum Gasteiger partial charge on any atom is -0.494 e. The molecule has 4 unspecified atom stereocenters. The maximum Gasteiger partial charge on any atom is 0.275 e. The summed E-state index contributed by atoms with van der Waals surface area (Å²) in [6.45, 7) is 22.7. The molecule has 0 aliphatic carbocycles. The minimum absolute atomic E-state index is 0.331. The first kappa shape index (κ1) is 45.9. The van der Waals surface area contributed by atoms with E-state index in [-0.39, 0.29) is 0 Å². The Balaban J connectivity index is 2.56. The second-order valence-corrected chi connectivity index (χ2v) is 15.4. The first-order valence-corrected chi connectivity index (χ1v) is 19.2. The van der Waals surface area contributed by atoms with Crippen LogP contribution in [0.25, 0.3) is 0 Å². The number of hydrogen-bond donors (Lipinski definition) is 4. The van der Waals surface area contributed by atoms with Crippen LogP contribution in [0.4, 0.5) is 5.69 Å². The van der Waals surface area contributed by atoms with E-state index in [0.29, 0.717) is 53.7 Å². The van der Waals surface area contributed by atoms with Gasteiger partial charge in [-0.1, -0.05) is 67.2 Å². The van der Waals surface area contributed by atoms with E-state index in [1.807, 2.05) is 26.0 Å². The molecule has 0 heterocycles. The fourth-order valence-electron chi connectivity index (χ4n) is 6.38. The fourth-order valence-corrected chi connectivity index (χ4v) is 6.38. The Morgan fingerprint density at radius 3 is 1.70 bits per heavy atom. The Hall–Kier alpha value is -3.22. The average molecular weight is 745 g/mol. The largest absolute Gasteiger partial charge is 0.494 e. The van der Waals surface area contributed by atoms with Crippen molar-refractivity contribution in [3.8, 4) is 11.5 Å². The number of benzene rings is 2. The van der Waals surface area contributed by atoms with Gasteiger partial charge in [-0.3, -0.25) is 15.0 Å². The van der Waals surface area contributed by atoms with E-state index in [9.17, 15) is 24.9 Å². The SMILES string of the molecule is CCCCCOc1cc(C)c(C(O)C(C)(C)C(O)C(=O)NN(C(=O)C(OC(C)OCC)C(C)(C)CO)c2c(C)cc(OCCCCC)cc2C)c(C)c1. The van der Waals surface area contributed by atoms with Gasteiger partial charge in [-0.25, -0.2) is 5.01 Å². The zero-order chi connectivity index (χ0) is 40.1. The number of amides is 2. The molecule has 0 aromatic heterocycles. The number of nitrogens with zero attached hydrogens (tertiary/aromatic N) is 1. The molecule has 11 nitrogen and oxygen atoms in total. The number of aryl methyl sites for hydroxylation is 4. The topological polar surface area (TPSA) is 147 Å². The molecule has 2 rings (SSSR count). The second-order valence-electron chi connectivity index (χ2n) is 15.4. The summed E-state index contributed by atoms with van der Waals surface area (Å²) in [7, 11) is 0. The predicted octanol–water partition coefficient (Wildman–Crippen LogP) is 7.33. The summed E-state index contributed by atoms with van der Waals surface area (Å²) in [6.07, 6.45) is 0.993. The highest BCUT2D eigenvalue weighted by atomic mass is 16.7. The summed E-state index contributed by atoms with van der Waals surface area (Å²) in [6, 6.07) is 7.30. The number of ether oxygens (including phenoxy) is 4. The number of hydrazine groups is 1. The van der Waals surface area contributed by atoms with Gasteiger partial charge in [0.15, 0.2) is 6.29 Å². The lowest BCUT2D eigenvalue weighted by molar-refractivity contribution is -0.192. The molecule has 0 saturated carbocycles. The highest BCUT2D eigenvalue weighted by Crippen LogP contribution is 2.41. The summed E-state index contributed by atoms with van der Waals surface area (Å²) >= 11 is 0. The van der Waals surface area contributed by atoms with Gasteiger partial charge in [-0.15, -0.1) is 0 Å². The van der Waals surface area contributed by atoms with Crippen molar-refractivity contribution in [2.24, 2.45) is 10.8 Å². The second kappa shape index (κ2) is 21.0. The molecule has 0 fully saturated rings. The molecule has 0 spiro atoms. The predicted molar refractivity (Wildman–Crippen MR) is 209 cm³/mol. The van der Waals surface area contributed by atoms with Crippen molar-refractivity contribution < 1.29 is 43.9 Å². The van der Waals surface area contributed by atoms with E-state index < -0.39 is 53.9 Å². The van der Waals surface area contributed by atoms with Gasteiger partial charge in [0, 0.05) is 17.4 Å². The van der Waals surface area contributed by atoms with Crippen molar-refractivity contribution in [1.29, 1.82) is 0 Å². The summed E-state index contributed by atoms with van der Waals surface area (Å²) in [5.41, 5.74) is 3.88. The molecule has 2 aromatic rings. The Morgan fingerprint density at radius 1 is 0.792 bits per heavy atom. The van der Waals surface area contributed by atoms with E-state index in [4.69, 9.17) is 18.9 Å². The van der Waals surface area contributed by atoms with Gasteiger partial charge >= 0.3 is 0 Å². The molecule has 0 aliphatic rings. The standard InChI is InChI=1S/C42H68N2O9/c1-13-16-18-20-51-32-22-27(4)34(28(5)23-32)36(46)42(11,12)37(47)39(48)43-44(40(49)38(41(9,10)26-45)53-31(8)50-15-3)35-29(6)24-33(25-30(35)7)52-21-19-17-14-2/h22-25,31,36-38,45-47H,13-21,26H2,1-12H3,(H,43,48). The number of unbranched alkanes of at least 4 members (excludes halogenated alkanes) is 4. The van der Waals surface area contributed by atoms with Gasteiger partial charge in [0.2, 0.25) is 0 Å². The number of carbonyl (C=O) groups excluding carboxylic acids is 2. The molecule has 300 valence electrons. The molecule has 4 atom stereocenters. The maximum atomic E-state index is 14.7. The highest BCUT2D eigenvalue weighted by molar-refractivity contribution is 6.01. The van der Waals surface area contributed by atoms with Crippen molar-refractivity contribution in [3.05, 3.63) is 52.1 Å². The molecule has 0 radical (unpaired) electrons. The molecule has 2 amide bonds. The summed E-state index contributed by atoms with van der Waals surface area (Å²) in [5, 5.41) is 34.9. The van der Waals surface area contributed by atoms with Crippen LogP contribution in [-0.2, 0) is 19.1 Å². The van der Waals surface area contributed by atoms with E-state index in [0.717, 1.165) is 54.7 Å². The van der Waals surface area contributed by atoms with Gasteiger partial charge < -0.3 is 34.3 Å². The van der Waals surface area contributed by atoms with Crippen LogP contribution < -0.4 is 19.9 Å². The van der Waals surface area contributed by atoms with E-state index in [2.05, 4.69) is 19.3 Å². The van der Waals surface area contributed by atoms with Crippen molar-refractivity contribution in [3.63, 3.8) is 0 Å². The molecule has 0 saturated heterocycles. The van der Waals surface area contributed by atoms with Gasteiger partial charge in [-0.2, -0.15) is 0 Å². The maximum absolute atomic E-state index is 14.7. The van der Waals surface area contributed by atoms with Crippen molar-refractivity contribution in [1.82, 2.24) is 5.43 Å². The number of aliphatic hydroxyl groups is 3. The lowest BCUT2D eigenvalue weighted by Gasteiger charge is -2.39. The molecule has 0 aliphatic heterocycles. The third-order valence-corrected chi connectivity index (χ3v) is 9.73. The first-order chi connectivity index (χ1) is 24.9. The van der Waals surface area contributed by atoms with Gasteiger partial charge in [0.05, 0.1) is 31.6 Å². The van der Waals surface area contributed by atoms with Crippen molar-refractivity contribution in [2.45, 2.75) is 146 Å². The van der Waals surface area contributed by atoms with Crippen LogP contribution in [0.15, 0.2) is 24.3 Å². The first-order valence-electron chi connectivity index (χ1n) is 19.2. The van der Waals surface area contributed by atoms with E-state index in [1.165, 1.54) is 0 Å². The summed E-state index contributed by atoms with van der Waals surface area (Å²) < 4.78 is 23.7. The normalized spacial score (nSPS) is 14.3. The number of hydrogen-bond acceptors (Lipinski definition) is 9. The summed E-state index contributed by atoms with van der Waals surface area (Å²) in [5.74, 6) is -0.273. The van der Waals surface area contributed by atoms with E-state index in [1.54, 1.807) is 67.5 Å². The molecule has 2 aromatic carbocycles. The Labute approximate surface area is 318 Å². The number of carbonyl (C=O) groups is 2. The van der Waals surface area contributed by atoms with Crippen LogP contribution >= 0.6 is 0 Å². The molecule has 4 N–H and O–H groups in total. The zero-order valence-corrected chi connectivity index (χ0v) is 34.4. The molecular weight excluding hydrogens is 676 g/mol. The molecular formula is C42H68N2O9. The molecule has 0 bridgehead atoms. The average Bonchev–Trinajstić information content (AvgIpc) is 3.09. The highest BCUT2D eigenvalue weighted by Gasteiger charge is 2.45. The summed E-state index contributed by atoms with van der Waals surface area (Å²) in [4.78, 5) is 28.8. The Kier molecular flexibility index (Phi) is 18.2. The lowest BCUT2D eigenvalue weighted by atomic mass is 9.75. The Morgan fingerprint density at radius 2 is 1.26 bits per heavy atom.